The van der Waals surface area contributed by atoms with Crippen LogP contribution in [0, 0.1) is 6.92 Å². The normalized spacial score (nSPS) is 10.8. The van der Waals surface area contributed by atoms with Gasteiger partial charge in [0.1, 0.15) is 5.75 Å². The Morgan fingerprint density at radius 3 is 2.60 bits per heavy atom. The zero-order valence-corrected chi connectivity index (χ0v) is 12.0. The highest BCUT2D eigenvalue weighted by Gasteiger charge is 2.19. The minimum Gasteiger partial charge on any atom is -0.496 e. The third-order valence-electron chi connectivity index (χ3n) is 3.07. The molecule has 1 N–H and O–H groups in total. The van der Waals surface area contributed by atoms with E-state index >= 15 is 0 Å². The van der Waals surface area contributed by atoms with Gasteiger partial charge in [-0.3, -0.25) is 4.68 Å². The van der Waals surface area contributed by atoms with Gasteiger partial charge in [-0.15, -0.1) is 0 Å². The SMILES string of the molecule is COc1ccc(C)cc1-c1cc(C(=O)O)nn1C(C)C. The second kappa shape index (κ2) is 5.36. The van der Waals surface area contributed by atoms with Crippen molar-refractivity contribution in [2.45, 2.75) is 26.8 Å². The van der Waals surface area contributed by atoms with Crippen molar-refractivity contribution in [3.63, 3.8) is 0 Å². The topological polar surface area (TPSA) is 64.3 Å². The Labute approximate surface area is 117 Å². The van der Waals surface area contributed by atoms with Crippen LogP contribution in [0.2, 0.25) is 0 Å². The summed E-state index contributed by atoms with van der Waals surface area (Å²) in [6.45, 7) is 5.91. The number of carbonyl (C=O) groups is 1. The largest absolute Gasteiger partial charge is 0.496 e. The second-order valence-corrected chi connectivity index (χ2v) is 4.96. The number of ether oxygens (including phenoxy) is 1. The van der Waals surface area contributed by atoms with Gasteiger partial charge in [-0.1, -0.05) is 11.6 Å². The molecule has 0 atom stereocenters. The molecule has 5 nitrogen and oxygen atoms in total. The van der Waals surface area contributed by atoms with E-state index in [1.807, 2.05) is 39.0 Å². The molecular weight excluding hydrogens is 256 g/mol. The molecule has 0 aliphatic carbocycles. The molecule has 0 fully saturated rings. The van der Waals surface area contributed by atoms with Gasteiger partial charge in [0.2, 0.25) is 0 Å². The van der Waals surface area contributed by atoms with Gasteiger partial charge in [0.25, 0.3) is 0 Å². The highest BCUT2D eigenvalue weighted by atomic mass is 16.5. The van der Waals surface area contributed by atoms with Crippen LogP contribution >= 0.6 is 0 Å². The van der Waals surface area contributed by atoms with Crippen LogP contribution in [0.15, 0.2) is 24.3 Å². The van der Waals surface area contributed by atoms with Gasteiger partial charge < -0.3 is 9.84 Å². The molecule has 2 aromatic rings. The van der Waals surface area contributed by atoms with Gasteiger partial charge >= 0.3 is 5.97 Å². The molecular formula is C15H18N2O3. The van der Waals surface area contributed by atoms with Crippen molar-refractivity contribution < 1.29 is 14.6 Å². The highest BCUT2D eigenvalue weighted by Crippen LogP contribution is 2.32. The maximum atomic E-state index is 11.1. The van der Waals surface area contributed by atoms with E-state index < -0.39 is 5.97 Å². The van der Waals surface area contributed by atoms with Crippen LogP contribution in [0.5, 0.6) is 5.75 Å². The number of carboxylic acid groups (broad SMARTS) is 1. The van der Waals surface area contributed by atoms with E-state index in [0.717, 1.165) is 16.8 Å². The number of aromatic nitrogens is 2. The van der Waals surface area contributed by atoms with Crippen molar-refractivity contribution in [2.24, 2.45) is 0 Å². The van der Waals surface area contributed by atoms with Crippen LogP contribution in [0.1, 0.15) is 35.9 Å². The van der Waals surface area contributed by atoms with Crippen molar-refractivity contribution in [2.75, 3.05) is 7.11 Å². The summed E-state index contributed by atoms with van der Waals surface area (Å²) in [6.07, 6.45) is 0. The van der Waals surface area contributed by atoms with E-state index in [2.05, 4.69) is 5.10 Å². The molecule has 0 unspecified atom stereocenters. The summed E-state index contributed by atoms with van der Waals surface area (Å²) >= 11 is 0. The summed E-state index contributed by atoms with van der Waals surface area (Å²) in [5, 5.41) is 13.3. The van der Waals surface area contributed by atoms with E-state index in [1.54, 1.807) is 17.9 Å². The average Bonchev–Trinajstić information content (AvgIpc) is 2.83. The van der Waals surface area contributed by atoms with Gasteiger partial charge in [-0.25, -0.2) is 4.79 Å². The van der Waals surface area contributed by atoms with Gasteiger partial charge in [0.05, 0.1) is 12.8 Å². The quantitative estimate of drug-likeness (QED) is 0.930. The smallest absolute Gasteiger partial charge is 0.356 e. The number of nitrogens with zero attached hydrogens (tertiary/aromatic N) is 2. The summed E-state index contributed by atoms with van der Waals surface area (Å²) in [6, 6.07) is 7.45. The van der Waals surface area contributed by atoms with Crippen LogP contribution in [0.25, 0.3) is 11.3 Å². The minimum atomic E-state index is -1.03. The fourth-order valence-electron chi connectivity index (χ4n) is 2.12. The van der Waals surface area contributed by atoms with Gasteiger partial charge in [0, 0.05) is 11.6 Å². The summed E-state index contributed by atoms with van der Waals surface area (Å²) in [5.74, 6) is -0.327. The molecule has 5 heteroatoms. The van der Waals surface area contributed by atoms with E-state index in [4.69, 9.17) is 9.84 Å². The molecule has 0 amide bonds. The molecule has 2 rings (SSSR count). The number of benzene rings is 1. The number of hydrogen-bond donors (Lipinski definition) is 1. The Hall–Kier alpha value is -2.30. The lowest BCUT2D eigenvalue weighted by molar-refractivity contribution is 0.0689. The Bertz CT molecular complexity index is 645. The van der Waals surface area contributed by atoms with Crippen molar-refractivity contribution in [1.29, 1.82) is 0 Å². The Morgan fingerprint density at radius 1 is 1.35 bits per heavy atom. The molecule has 0 saturated carbocycles. The Morgan fingerprint density at radius 2 is 2.05 bits per heavy atom. The van der Waals surface area contributed by atoms with Crippen molar-refractivity contribution in [3.05, 3.63) is 35.5 Å². The fourth-order valence-corrected chi connectivity index (χ4v) is 2.12. The monoisotopic (exact) mass is 274 g/mol. The molecule has 106 valence electrons. The molecule has 1 heterocycles. The van der Waals surface area contributed by atoms with E-state index in [0.29, 0.717) is 5.75 Å². The van der Waals surface area contributed by atoms with Crippen LogP contribution in [0.4, 0.5) is 0 Å². The first-order chi connectivity index (χ1) is 9.43. The number of carboxylic acids is 1. The molecule has 0 spiro atoms. The zero-order valence-electron chi connectivity index (χ0n) is 12.0. The fraction of sp³-hybridized carbons (Fsp3) is 0.333. The standard InChI is InChI=1S/C15H18N2O3/c1-9(2)17-13(8-12(16-17)15(18)19)11-7-10(3)5-6-14(11)20-4/h5-9H,1-4H3,(H,18,19). The number of rotatable bonds is 4. The molecule has 0 radical (unpaired) electrons. The summed E-state index contributed by atoms with van der Waals surface area (Å²) in [4.78, 5) is 11.1. The van der Waals surface area contributed by atoms with E-state index in [9.17, 15) is 4.79 Å². The molecule has 1 aromatic carbocycles. The molecule has 20 heavy (non-hydrogen) atoms. The number of aromatic carboxylic acids is 1. The van der Waals surface area contributed by atoms with Crippen molar-refractivity contribution >= 4 is 5.97 Å². The predicted octanol–water partition coefficient (Wildman–Crippen LogP) is 3.15. The lowest BCUT2D eigenvalue weighted by atomic mass is 10.1. The molecule has 0 aliphatic rings. The lowest BCUT2D eigenvalue weighted by Crippen LogP contribution is -2.07. The number of methoxy groups -OCH3 is 1. The Kier molecular flexibility index (Phi) is 3.79. The van der Waals surface area contributed by atoms with Gasteiger partial charge in [-0.2, -0.15) is 5.10 Å². The van der Waals surface area contributed by atoms with E-state index in [1.165, 1.54) is 0 Å². The predicted molar refractivity (Wildman–Crippen MR) is 76.3 cm³/mol. The molecule has 0 aliphatic heterocycles. The number of aryl methyl sites for hydroxylation is 1. The first kappa shape index (κ1) is 14.1. The van der Waals surface area contributed by atoms with Crippen molar-refractivity contribution in [3.8, 4) is 17.0 Å². The molecule has 0 saturated heterocycles. The average molecular weight is 274 g/mol. The third kappa shape index (κ3) is 2.52. The van der Waals surface area contributed by atoms with Gasteiger partial charge in [-0.05, 0) is 39.0 Å². The van der Waals surface area contributed by atoms with Crippen LogP contribution in [0.3, 0.4) is 0 Å². The second-order valence-electron chi connectivity index (χ2n) is 4.96. The first-order valence-electron chi connectivity index (χ1n) is 6.42. The highest BCUT2D eigenvalue weighted by molar-refractivity contribution is 5.87. The first-order valence-corrected chi connectivity index (χ1v) is 6.42. The zero-order chi connectivity index (χ0) is 14.9. The lowest BCUT2D eigenvalue weighted by Gasteiger charge is -2.14. The molecule has 1 aromatic heterocycles. The van der Waals surface area contributed by atoms with Crippen molar-refractivity contribution in [1.82, 2.24) is 9.78 Å². The van der Waals surface area contributed by atoms with E-state index in [-0.39, 0.29) is 11.7 Å². The number of hydrogen-bond acceptors (Lipinski definition) is 3. The summed E-state index contributed by atoms with van der Waals surface area (Å²) < 4.78 is 7.08. The minimum absolute atomic E-state index is 0.0391. The van der Waals surface area contributed by atoms with Crippen LogP contribution in [-0.2, 0) is 0 Å². The van der Waals surface area contributed by atoms with Gasteiger partial charge in [0.15, 0.2) is 5.69 Å². The Balaban J connectivity index is 2.67. The molecule has 0 bridgehead atoms. The maximum absolute atomic E-state index is 11.1. The van der Waals surface area contributed by atoms with Crippen LogP contribution < -0.4 is 4.74 Å². The van der Waals surface area contributed by atoms with Crippen LogP contribution in [-0.4, -0.2) is 28.0 Å². The maximum Gasteiger partial charge on any atom is 0.356 e. The third-order valence-corrected chi connectivity index (χ3v) is 3.07. The summed E-state index contributed by atoms with van der Waals surface area (Å²) in [5.41, 5.74) is 2.71. The summed E-state index contributed by atoms with van der Waals surface area (Å²) in [7, 11) is 1.60.